The van der Waals surface area contributed by atoms with Gasteiger partial charge in [-0.05, 0) is 36.8 Å². The van der Waals surface area contributed by atoms with E-state index in [1.165, 1.54) is 5.56 Å². The minimum atomic E-state index is 0.403. The number of aryl methyl sites for hydroxylation is 1. The van der Waals surface area contributed by atoms with Crippen molar-refractivity contribution < 1.29 is 4.74 Å². The number of benzene rings is 2. The van der Waals surface area contributed by atoms with Gasteiger partial charge < -0.3 is 9.30 Å². The maximum atomic E-state index is 5.84. The van der Waals surface area contributed by atoms with Crippen molar-refractivity contribution in [3.05, 3.63) is 59.9 Å². The average molecular weight is 276 g/mol. The molecule has 0 amide bonds. The SMILES string of the molecule is C#CCn1c(COc2cccc(C)c2)nc2ccccc21. The summed E-state index contributed by atoms with van der Waals surface area (Å²) < 4.78 is 7.86. The molecule has 1 heterocycles. The van der Waals surface area contributed by atoms with E-state index in [0.29, 0.717) is 13.2 Å². The molecule has 0 aliphatic carbocycles. The quantitative estimate of drug-likeness (QED) is 0.681. The summed E-state index contributed by atoms with van der Waals surface area (Å²) in [5, 5.41) is 0. The third-order valence-electron chi connectivity index (χ3n) is 3.34. The second-order valence-electron chi connectivity index (χ2n) is 4.91. The summed E-state index contributed by atoms with van der Waals surface area (Å²) >= 11 is 0. The number of fused-ring (bicyclic) bond motifs is 1. The van der Waals surface area contributed by atoms with E-state index in [0.717, 1.165) is 22.6 Å². The van der Waals surface area contributed by atoms with Gasteiger partial charge in [0.15, 0.2) is 0 Å². The van der Waals surface area contributed by atoms with Crippen LogP contribution in [-0.2, 0) is 13.2 Å². The molecule has 3 heteroatoms. The molecular formula is C18H16N2O. The number of aromatic nitrogens is 2. The van der Waals surface area contributed by atoms with Gasteiger partial charge in [-0.3, -0.25) is 0 Å². The number of hydrogen-bond donors (Lipinski definition) is 0. The Morgan fingerprint density at radius 3 is 2.86 bits per heavy atom. The van der Waals surface area contributed by atoms with Gasteiger partial charge in [-0.25, -0.2) is 4.98 Å². The zero-order valence-corrected chi connectivity index (χ0v) is 11.9. The molecule has 2 aromatic carbocycles. The third kappa shape index (κ3) is 2.75. The molecule has 104 valence electrons. The second-order valence-corrected chi connectivity index (χ2v) is 4.91. The van der Waals surface area contributed by atoms with Crippen LogP contribution in [0.2, 0.25) is 0 Å². The van der Waals surface area contributed by atoms with Gasteiger partial charge in [-0.2, -0.15) is 0 Å². The fourth-order valence-electron chi connectivity index (χ4n) is 2.36. The van der Waals surface area contributed by atoms with Crippen molar-refractivity contribution in [3.8, 4) is 18.1 Å². The fraction of sp³-hybridized carbons (Fsp3) is 0.167. The summed E-state index contributed by atoms with van der Waals surface area (Å²) in [6, 6.07) is 15.9. The monoisotopic (exact) mass is 276 g/mol. The zero-order valence-electron chi connectivity index (χ0n) is 11.9. The Balaban J connectivity index is 1.89. The van der Waals surface area contributed by atoms with Crippen LogP contribution in [0.25, 0.3) is 11.0 Å². The Hall–Kier alpha value is -2.73. The first-order valence-corrected chi connectivity index (χ1v) is 6.85. The molecule has 0 saturated carbocycles. The number of imidazole rings is 1. The van der Waals surface area contributed by atoms with Gasteiger partial charge in [0, 0.05) is 0 Å². The maximum absolute atomic E-state index is 5.84. The van der Waals surface area contributed by atoms with Crippen LogP contribution in [0, 0.1) is 19.3 Å². The number of para-hydroxylation sites is 2. The summed E-state index contributed by atoms with van der Waals surface area (Å²) in [4.78, 5) is 4.61. The molecule has 0 atom stereocenters. The van der Waals surface area contributed by atoms with E-state index in [1.807, 2.05) is 60.0 Å². The Bertz CT molecular complexity index is 811. The highest BCUT2D eigenvalue weighted by atomic mass is 16.5. The largest absolute Gasteiger partial charge is 0.486 e. The molecule has 0 saturated heterocycles. The van der Waals surface area contributed by atoms with Gasteiger partial charge in [0.25, 0.3) is 0 Å². The summed E-state index contributed by atoms with van der Waals surface area (Å²) in [6.07, 6.45) is 5.47. The van der Waals surface area contributed by atoms with Crippen molar-refractivity contribution in [2.45, 2.75) is 20.1 Å². The molecule has 0 radical (unpaired) electrons. The normalized spacial score (nSPS) is 10.5. The lowest BCUT2D eigenvalue weighted by molar-refractivity contribution is 0.291. The topological polar surface area (TPSA) is 27.1 Å². The highest BCUT2D eigenvalue weighted by Gasteiger charge is 2.10. The van der Waals surface area contributed by atoms with Crippen molar-refractivity contribution in [2.75, 3.05) is 0 Å². The molecule has 0 bridgehead atoms. The van der Waals surface area contributed by atoms with Crippen LogP contribution in [0.15, 0.2) is 48.5 Å². The van der Waals surface area contributed by atoms with Crippen LogP contribution in [0.1, 0.15) is 11.4 Å². The molecule has 0 unspecified atom stereocenters. The maximum Gasteiger partial charge on any atom is 0.148 e. The smallest absolute Gasteiger partial charge is 0.148 e. The highest BCUT2D eigenvalue weighted by Crippen LogP contribution is 2.18. The summed E-state index contributed by atoms with van der Waals surface area (Å²) in [7, 11) is 0. The molecule has 0 aliphatic heterocycles. The van der Waals surface area contributed by atoms with Gasteiger partial charge in [0.05, 0.1) is 17.6 Å². The Labute approximate surface area is 124 Å². The minimum absolute atomic E-state index is 0.403. The zero-order chi connectivity index (χ0) is 14.7. The number of terminal acetylenes is 1. The number of nitrogens with zero attached hydrogens (tertiary/aromatic N) is 2. The van der Waals surface area contributed by atoms with Crippen molar-refractivity contribution >= 4 is 11.0 Å². The molecular weight excluding hydrogens is 260 g/mol. The molecule has 21 heavy (non-hydrogen) atoms. The van der Waals surface area contributed by atoms with Crippen molar-refractivity contribution in [2.24, 2.45) is 0 Å². The van der Waals surface area contributed by atoms with Gasteiger partial charge in [-0.15, -0.1) is 6.42 Å². The van der Waals surface area contributed by atoms with Crippen molar-refractivity contribution in [3.63, 3.8) is 0 Å². The van der Waals surface area contributed by atoms with Gasteiger partial charge in [0.2, 0.25) is 0 Å². The van der Waals surface area contributed by atoms with E-state index in [4.69, 9.17) is 11.2 Å². The molecule has 0 spiro atoms. The van der Waals surface area contributed by atoms with Crippen molar-refractivity contribution in [1.29, 1.82) is 0 Å². The van der Waals surface area contributed by atoms with Crippen LogP contribution in [0.4, 0.5) is 0 Å². The lowest BCUT2D eigenvalue weighted by Gasteiger charge is -2.08. The van der Waals surface area contributed by atoms with Crippen LogP contribution in [0.5, 0.6) is 5.75 Å². The third-order valence-corrected chi connectivity index (χ3v) is 3.34. The van der Waals surface area contributed by atoms with E-state index in [1.54, 1.807) is 0 Å². The Morgan fingerprint density at radius 1 is 1.19 bits per heavy atom. The number of ether oxygens (including phenoxy) is 1. The fourth-order valence-corrected chi connectivity index (χ4v) is 2.36. The molecule has 1 aromatic heterocycles. The first-order valence-electron chi connectivity index (χ1n) is 6.85. The minimum Gasteiger partial charge on any atom is -0.486 e. The van der Waals surface area contributed by atoms with E-state index < -0.39 is 0 Å². The number of rotatable bonds is 4. The van der Waals surface area contributed by atoms with E-state index >= 15 is 0 Å². The van der Waals surface area contributed by atoms with E-state index in [2.05, 4.69) is 10.9 Å². The van der Waals surface area contributed by atoms with Gasteiger partial charge in [0.1, 0.15) is 18.2 Å². The van der Waals surface area contributed by atoms with E-state index in [9.17, 15) is 0 Å². The molecule has 0 aliphatic rings. The molecule has 0 fully saturated rings. The number of hydrogen-bond acceptors (Lipinski definition) is 2. The molecule has 3 aromatic rings. The molecule has 3 nitrogen and oxygen atoms in total. The standard InChI is InChI=1S/C18H16N2O/c1-3-11-20-17-10-5-4-9-16(17)19-18(20)13-21-15-8-6-7-14(2)12-15/h1,4-10,12H,11,13H2,2H3. The van der Waals surface area contributed by atoms with Crippen LogP contribution >= 0.6 is 0 Å². The average Bonchev–Trinajstić information content (AvgIpc) is 2.84. The van der Waals surface area contributed by atoms with Crippen LogP contribution in [-0.4, -0.2) is 9.55 Å². The Kier molecular flexibility index (Phi) is 3.61. The first kappa shape index (κ1) is 13.3. The highest BCUT2D eigenvalue weighted by molar-refractivity contribution is 5.76. The summed E-state index contributed by atoms with van der Waals surface area (Å²) in [6.45, 7) is 2.94. The van der Waals surface area contributed by atoms with Crippen LogP contribution < -0.4 is 4.74 Å². The van der Waals surface area contributed by atoms with Gasteiger partial charge >= 0.3 is 0 Å². The van der Waals surface area contributed by atoms with Crippen molar-refractivity contribution in [1.82, 2.24) is 9.55 Å². The molecule has 0 N–H and O–H groups in total. The van der Waals surface area contributed by atoms with E-state index in [-0.39, 0.29) is 0 Å². The lowest BCUT2D eigenvalue weighted by atomic mass is 10.2. The first-order chi connectivity index (χ1) is 10.3. The Morgan fingerprint density at radius 2 is 2.05 bits per heavy atom. The lowest BCUT2D eigenvalue weighted by Crippen LogP contribution is -2.06. The second kappa shape index (κ2) is 5.72. The van der Waals surface area contributed by atoms with Crippen LogP contribution in [0.3, 0.4) is 0 Å². The summed E-state index contributed by atoms with van der Waals surface area (Å²) in [5.41, 5.74) is 3.15. The summed E-state index contributed by atoms with van der Waals surface area (Å²) in [5.74, 6) is 4.36. The predicted molar refractivity (Wildman–Crippen MR) is 84.1 cm³/mol. The predicted octanol–water partition coefficient (Wildman–Crippen LogP) is 3.56. The van der Waals surface area contributed by atoms with Gasteiger partial charge in [-0.1, -0.05) is 30.2 Å². The molecule has 3 rings (SSSR count).